The molecule has 0 aromatic carbocycles. The van der Waals surface area contributed by atoms with Crippen LogP contribution in [0.1, 0.15) is 19.8 Å². The van der Waals surface area contributed by atoms with Gasteiger partial charge in [0.15, 0.2) is 0 Å². The van der Waals surface area contributed by atoms with Gasteiger partial charge in [0.25, 0.3) is 0 Å². The van der Waals surface area contributed by atoms with E-state index in [2.05, 4.69) is 41.5 Å². The highest BCUT2D eigenvalue weighted by Crippen LogP contribution is 2.33. The molecule has 0 unspecified atom stereocenters. The van der Waals surface area contributed by atoms with Crippen LogP contribution in [0.5, 0.6) is 0 Å². The van der Waals surface area contributed by atoms with Gasteiger partial charge in [-0.05, 0) is 36.8 Å². The molecule has 0 spiro atoms. The number of aromatic nitrogens is 7. The van der Waals surface area contributed by atoms with Crippen molar-refractivity contribution in [3.8, 4) is 33.8 Å². The Balaban J connectivity index is 1.40. The Morgan fingerprint density at radius 3 is 2.69 bits per heavy atom. The molecule has 0 radical (unpaired) electrons. The summed E-state index contributed by atoms with van der Waals surface area (Å²) in [7, 11) is 0. The fourth-order valence-electron chi connectivity index (χ4n) is 4.28. The molecule has 9 heteroatoms. The number of carbonyl (C=O) groups is 1. The van der Waals surface area contributed by atoms with E-state index in [0.29, 0.717) is 17.8 Å². The third-order valence-corrected chi connectivity index (χ3v) is 5.98. The van der Waals surface area contributed by atoms with Gasteiger partial charge in [-0.15, -0.1) is 0 Å². The summed E-state index contributed by atoms with van der Waals surface area (Å²) >= 11 is 0. The van der Waals surface area contributed by atoms with Gasteiger partial charge in [-0.25, -0.2) is 4.98 Å². The molecular formula is C27H22N8O. The van der Waals surface area contributed by atoms with Crippen LogP contribution in [0.25, 0.3) is 55.7 Å². The number of carbonyl (C=O) groups excluding carboxylic acids is 1. The topological polar surface area (TPSA) is 125 Å². The quantitative estimate of drug-likeness (QED) is 0.298. The van der Waals surface area contributed by atoms with Gasteiger partial charge in [0.05, 0.1) is 40.5 Å². The van der Waals surface area contributed by atoms with Gasteiger partial charge >= 0.3 is 0 Å². The van der Waals surface area contributed by atoms with Gasteiger partial charge < -0.3 is 10.3 Å². The highest BCUT2D eigenvalue weighted by molar-refractivity contribution is 6.00. The van der Waals surface area contributed by atoms with Gasteiger partial charge in [-0.2, -0.15) is 5.10 Å². The summed E-state index contributed by atoms with van der Waals surface area (Å²) in [6, 6.07) is 11.7. The zero-order chi connectivity index (χ0) is 24.5. The first-order valence-corrected chi connectivity index (χ1v) is 11.7. The molecule has 6 aromatic rings. The van der Waals surface area contributed by atoms with Crippen molar-refractivity contribution in [1.29, 1.82) is 0 Å². The molecule has 9 nitrogen and oxygen atoms in total. The van der Waals surface area contributed by atoms with Crippen LogP contribution in [0, 0.1) is 0 Å². The Hall–Kier alpha value is -4.92. The van der Waals surface area contributed by atoms with Crippen molar-refractivity contribution in [2.75, 3.05) is 5.32 Å². The molecule has 0 saturated heterocycles. The van der Waals surface area contributed by atoms with Crippen LogP contribution in [0.4, 0.5) is 5.69 Å². The van der Waals surface area contributed by atoms with E-state index in [4.69, 9.17) is 4.98 Å². The molecule has 0 atom stereocenters. The van der Waals surface area contributed by atoms with Crippen molar-refractivity contribution in [3.63, 3.8) is 0 Å². The Morgan fingerprint density at radius 1 is 0.944 bits per heavy atom. The minimum atomic E-state index is -0.0315. The first-order chi connectivity index (χ1) is 17.7. The fraction of sp³-hybridized carbons (Fsp3) is 0.111. The number of H-pyrrole nitrogens is 2. The lowest BCUT2D eigenvalue weighted by Crippen LogP contribution is -2.10. The van der Waals surface area contributed by atoms with E-state index in [9.17, 15) is 4.79 Å². The van der Waals surface area contributed by atoms with E-state index in [-0.39, 0.29) is 5.91 Å². The highest BCUT2D eigenvalue weighted by atomic mass is 16.1. The maximum Gasteiger partial charge on any atom is 0.224 e. The van der Waals surface area contributed by atoms with Crippen LogP contribution >= 0.6 is 0 Å². The number of nitrogens with zero attached hydrogens (tertiary/aromatic N) is 5. The number of rotatable bonds is 6. The normalized spacial score (nSPS) is 11.2. The zero-order valence-electron chi connectivity index (χ0n) is 19.5. The molecule has 6 rings (SSSR count). The summed E-state index contributed by atoms with van der Waals surface area (Å²) < 4.78 is 0. The van der Waals surface area contributed by atoms with Gasteiger partial charge in [0.1, 0.15) is 11.2 Å². The van der Waals surface area contributed by atoms with Crippen LogP contribution in [0.3, 0.4) is 0 Å². The standard InChI is InChI=1S/C27H22N8O/c1-2-4-25(36)31-18-9-17(12-29-13-18)21-6-7-22-26(33-21)27(35-34-22)23-10-19-20(14-30-15-24(19)32-23)16-5-3-8-28-11-16/h3,5-15,32H,2,4H2,1H3,(H,31,36)(H,34,35). The summed E-state index contributed by atoms with van der Waals surface area (Å²) in [6.07, 6.45) is 11.8. The van der Waals surface area contributed by atoms with Crippen LogP contribution in [-0.2, 0) is 4.79 Å². The predicted molar refractivity (Wildman–Crippen MR) is 139 cm³/mol. The van der Waals surface area contributed by atoms with E-state index in [0.717, 1.165) is 56.4 Å². The van der Waals surface area contributed by atoms with E-state index in [1.807, 2.05) is 49.6 Å². The van der Waals surface area contributed by atoms with Crippen molar-refractivity contribution in [2.45, 2.75) is 19.8 Å². The molecule has 0 aliphatic heterocycles. The molecule has 6 heterocycles. The van der Waals surface area contributed by atoms with Gasteiger partial charge in [-0.1, -0.05) is 13.0 Å². The third kappa shape index (κ3) is 3.96. The molecule has 0 aliphatic carbocycles. The van der Waals surface area contributed by atoms with E-state index in [1.165, 1.54) is 0 Å². The first kappa shape index (κ1) is 21.6. The monoisotopic (exact) mass is 474 g/mol. The third-order valence-electron chi connectivity index (χ3n) is 5.98. The average Bonchev–Trinajstić information content (AvgIpc) is 3.53. The number of aromatic amines is 2. The second-order valence-electron chi connectivity index (χ2n) is 8.50. The molecule has 0 bridgehead atoms. The lowest BCUT2D eigenvalue weighted by molar-refractivity contribution is -0.116. The van der Waals surface area contributed by atoms with Gasteiger partial charge in [0.2, 0.25) is 5.91 Å². The predicted octanol–water partition coefficient (Wildman–Crippen LogP) is 5.36. The molecule has 6 aromatic heterocycles. The van der Waals surface area contributed by atoms with Gasteiger partial charge in [0, 0.05) is 53.3 Å². The summed E-state index contributed by atoms with van der Waals surface area (Å²) in [6.45, 7) is 1.97. The van der Waals surface area contributed by atoms with Crippen LogP contribution < -0.4 is 5.32 Å². The van der Waals surface area contributed by atoms with E-state index in [1.54, 1.807) is 24.8 Å². The number of amides is 1. The highest BCUT2D eigenvalue weighted by Gasteiger charge is 2.16. The maximum absolute atomic E-state index is 12.0. The minimum absolute atomic E-state index is 0.0315. The van der Waals surface area contributed by atoms with Crippen molar-refractivity contribution in [1.82, 2.24) is 35.1 Å². The number of hydrogen-bond acceptors (Lipinski definition) is 6. The molecule has 0 saturated carbocycles. The minimum Gasteiger partial charge on any atom is -0.352 e. The fourth-order valence-corrected chi connectivity index (χ4v) is 4.28. The smallest absolute Gasteiger partial charge is 0.224 e. The van der Waals surface area contributed by atoms with Crippen LogP contribution in [0.15, 0.2) is 73.6 Å². The largest absolute Gasteiger partial charge is 0.352 e. The molecule has 0 fully saturated rings. The molecule has 3 N–H and O–H groups in total. The average molecular weight is 475 g/mol. The zero-order valence-corrected chi connectivity index (χ0v) is 19.5. The molecule has 0 aliphatic rings. The number of fused-ring (bicyclic) bond motifs is 2. The van der Waals surface area contributed by atoms with Crippen LogP contribution in [-0.4, -0.2) is 41.0 Å². The van der Waals surface area contributed by atoms with Crippen molar-refractivity contribution in [3.05, 3.63) is 73.6 Å². The van der Waals surface area contributed by atoms with E-state index >= 15 is 0 Å². The number of nitrogens with one attached hydrogen (secondary N) is 3. The second kappa shape index (κ2) is 9.03. The summed E-state index contributed by atoms with van der Waals surface area (Å²) in [5.41, 5.74) is 8.16. The summed E-state index contributed by atoms with van der Waals surface area (Å²) in [5, 5.41) is 11.5. The first-order valence-electron chi connectivity index (χ1n) is 11.7. The van der Waals surface area contributed by atoms with Crippen molar-refractivity contribution in [2.24, 2.45) is 0 Å². The summed E-state index contributed by atoms with van der Waals surface area (Å²) in [5.74, 6) is -0.0315. The summed E-state index contributed by atoms with van der Waals surface area (Å²) in [4.78, 5) is 33.3. The van der Waals surface area contributed by atoms with Crippen molar-refractivity contribution >= 4 is 33.5 Å². The number of pyridine rings is 4. The maximum atomic E-state index is 12.0. The number of anilines is 1. The molecule has 176 valence electrons. The van der Waals surface area contributed by atoms with Crippen molar-refractivity contribution < 1.29 is 4.79 Å². The Bertz CT molecular complexity index is 1700. The SMILES string of the molecule is CCCC(=O)Nc1cncc(-c2ccc3[nH]nc(-c4cc5c(-c6cccnc6)cncc5[nH]4)c3n2)c1. The molecule has 36 heavy (non-hydrogen) atoms. The lowest BCUT2D eigenvalue weighted by atomic mass is 10.1. The van der Waals surface area contributed by atoms with Crippen LogP contribution in [0.2, 0.25) is 0 Å². The number of hydrogen-bond donors (Lipinski definition) is 3. The van der Waals surface area contributed by atoms with Gasteiger partial charge in [-0.3, -0.25) is 24.8 Å². The Kier molecular flexibility index (Phi) is 5.42. The van der Waals surface area contributed by atoms with E-state index < -0.39 is 0 Å². The molecular weight excluding hydrogens is 452 g/mol. The molecule has 1 amide bonds. The Labute approximate surface area is 206 Å². The Morgan fingerprint density at radius 2 is 1.83 bits per heavy atom. The second-order valence-corrected chi connectivity index (χ2v) is 8.50. The lowest BCUT2D eigenvalue weighted by Gasteiger charge is -2.06.